The van der Waals surface area contributed by atoms with Gasteiger partial charge in [-0.05, 0) is 31.2 Å². The summed E-state index contributed by atoms with van der Waals surface area (Å²) in [5.41, 5.74) is 0.547. The second kappa shape index (κ2) is 6.88. The smallest absolute Gasteiger partial charge is 0.0700 e. The molecule has 1 N–H and O–H groups in total. The second-order valence-electron chi connectivity index (χ2n) is 6.12. The van der Waals surface area contributed by atoms with Crippen molar-refractivity contribution in [1.29, 1.82) is 0 Å². The van der Waals surface area contributed by atoms with Crippen molar-refractivity contribution >= 4 is 0 Å². The predicted molar refractivity (Wildman–Crippen MR) is 75.9 cm³/mol. The second-order valence-corrected chi connectivity index (χ2v) is 6.12. The minimum absolute atomic E-state index is 0.469. The van der Waals surface area contributed by atoms with Crippen molar-refractivity contribution in [3.05, 3.63) is 0 Å². The molecule has 1 saturated carbocycles. The fourth-order valence-electron chi connectivity index (χ4n) is 3.55. The van der Waals surface area contributed by atoms with Gasteiger partial charge in [0.15, 0.2) is 0 Å². The largest absolute Gasteiger partial charge is 0.376 e. The molecule has 1 saturated heterocycles. The van der Waals surface area contributed by atoms with E-state index in [4.69, 9.17) is 4.74 Å². The lowest BCUT2D eigenvalue weighted by Crippen LogP contribution is -2.49. The zero-order valence-electron chi connectivity index (χ0n) is 12.2. The number of nitrogens with one attached hydrogen (secondary N) is 1. The third-order valence-corrected chi connectivity index (χ3v) is 4.65. The van der Waals surface area contributed by atoms with Gasteiger partial charge in [0.05, 0.1) is 12.7 Å². The Bertz CT molecular complexity index is 239. The fraction of sp³-hybridized carbons (Fsp3) is 1.00. The molecule has 3 nitrogen and oxygen atoms in total. The van der Waals surface area contributed by atoms with Crippen LogP contribution in [0.5, 0.6) is 0 Å². The normalized spacial score (nSPS) is 28.7. The van der Waals surface area contributed by atoms with Gasteiger partial charge in [0.2, 0.25) is 0 Å². The summed E-state index contributed by atoms with van der Waals surface area (Å²) in [4.78, 5) is 2.65. The quantitative estimate of drug-likeness (QED) is 0.787. The Morgan fingerprint density at radius 1 is 1.28 bits per heavy atom. The summed E-state index contributed by atoms with van der Waals surface area (Å²) < 4.78 is 5.78. The number of rotatable bonds is 6. The topological polar surface area (TPSA) is 24.5 Å². The van der Waals surface area contributed by atoms with E-state index in [2.05, 4.69) is 24.1 Å². The van der Waals surface area contributed by atoms with E-state index in [1.54, 1.807) is 0 Å². The third kappa shape index (κ3) is 3.69. The molecule has 1 aliphatic carbocycles. The van der Waals surface area contributed by atoms with Crippen LogP contribution in [0.2, 0.25) is 0 Å². The number of hydrogen-bond donors (Lipinski definition) is 1. The van der Waals surface area contributed by atoms with Gasteiger partial charge >= 0.3 is 0 Å². The fourth-order valence-corrected chi connectivity index (χ4v) is 3.55. The van der Waals surface area contributed by atoms with Crippen molar-refractivity contribution in [2.45, 2.75) is 52.1 Å². The maximum Gasteiger partial charge on any atom is 0.0700 e. The average molecular weight is 254 g/mol. The molecule has 0 aromatic heterocycles. The van der Waals surface area contributed by atoms with E-state index >= 15 is 0 Å². The van der Waals surface area contributed by atoms with Gasteiger partial charge in [0.25, 0.3) is 0 Å². The monoisotopic (exact) mass is 254 g/mol. The van der Waals surface area contributed by atoms with Gasteiger partial charge in [-0.25, -0.2) is 0 Å². The van der Waals surface area contributed by atoms with Crippen molar-refractivity contribution in [2.75, 3.05) is 39.3 Å². The molecule has 18 heavy (non-hydrogen) atoms. The summed E-state index contributed by atoms with van der Waals surface area (Å²) in [6.45, 7) is 11.2. The molecular formula is C15H30N2O. The standard InChI is InChI=1S/C15H30N2O/c1-3-14-11-17(9-10-18-14)13-15(12-16-4-2)7-5-6-8-15/h14,16H,3-13H2,1-2H3. The number of morpholine rings is 1. The molecule has 1 heterocycles. The molecule has 2 aliphatic rings. The van der Waals surface area contributed by atoms with Crippen molar-refractivity contribution in [3.8, 4) is 0 Å². The van der Waals surface area contributed by atoms with E-state index in [1.807, 2.05) is 0 Å². The van der Waals surface area contributed by atoms with Crippen molar-refractivity contribution in [2.24, 2.45) is 5.41 Å². The number of nitrogens with zero attached hydrogens (tertiary/aromatic N) is 1. The minimum Gasteiger partial charge on any atom is -0.376 e. The zero-order valence-corrected chi connectivity index (χ0v) is 12.2. The predicted octanol–water partition coefficient (Wildman–Crippen LogP) is 2.27. The van der Waals surface area contributed by atoms with E-state index in [9.17, 15) is 0 Å². The maximum atomic E-state index is 5.78. The van der Waals surface area contributed by atoms with Crippen LogP contribution in [0.3, 0.4) is 0 Å². The molecule has 3 heteroatoms. The first-order chi connectivity index (χ1) is 8.78. The van der Waals surface area contributed by atoms with E-state index in [0.29, 0.717) is 11.5 Å². The third-order valence-electron chi connectivity index (χ3n) is 4.65. The van der Waals surface area contributed by atoms with E-state index in [0.717, 1.165) is 32.7 Å². The summed E-state index contributed by atoms with van der Waals surface area (Å²) in [7, 11) is 0. The summed E-state index contributed by atoms with van der Waals surface area (Å²) in [6.07, 6.45) is 7.29. The number of ether oxygens (including phenoxy) is 1. The van der Waals surface area contributed by atoms with E-state index in [1.165, 1.54) is 38.8 Å². The molecule has 0 radical (unpaired) electrons. The van der Waals surface area contributed by atoms with Crippen LogP contribution in [0.25, 0.3) is 0 Å². The first-order valence-corrected chi connectivity index (χ1v) is 7.83. The number of hydrogen-bond acceptors (Lipinski definition) is 3. The van der Waals surface area contributed by atoms with Crippen molar-refractivity contribution in [3.63, 3.8) is 0 Å². The molecular weight excluding hydrogens is 224 g/mol. The molecule has 0 aromatic rings. The molecule has 1 unspecified atom stereocenters. The van der Waals surface area contributed by atoms with Crippen LogP contribution in [-0.4, -0.2) is 50.3 Å². The molecule has 0 spiro atoms. The summed E-state index contributed by atoms with van der Waals surface area (Å²) in [5, 5.41) is 3.59. The Morgan fingerprint density at radius 3 is 2.72 bits per heavy atom. The van der Waals surface area contributed by atoms with Crippen LogP contribution < -0.4 is 5.32 Å². The van der Waals surface area contributed by atoms with Gasteiger partial charge in [-0.1, -0.05) is 26.7 Å². The molecule has 1 aliphatic heterocycles. The van der Waals surface area contributed by atoms with Crippen molar-refractivity contribution < 1.29 is 4.74 Å². The Kier molecular flexibility index (Phi) is 5.46. The summed E-state index contributed by atoms with van der Waals surface area (Å²) >= 11 is 0. The van der Waals surface area contributed by atoms with Gasteiger partial charge < -0.3 is 10.1 Å². The molecule has 0 amide bonds. The van der Waals surface area contributed by atoms with Gasteiger partial charge in [0, 0.05) is 26.2 Å². The Balaban J connectivity index is 1.87. The summed E-state index contributed by atoms with van der Waals surface area (Å²) in [5.74, 6) is 0. The lowest BCUT2D eigenvalue weighted by atomic mass is 9.85. The van der Waals surface area contributed by atoms with E-state index < -0.39 is 0 Å². The first kappa shape index (κ1) is 14.3. The van der Waals surface area contributed by atoms with Crippen LogP contribution in [0.1, 0.15) is 46.0 Å². The Morgan fingerprint density at radius 2 is 2.06 bits per heavy atom. The minimum atomic E-state index is 0.469. The van der Waals surface area contributed by atoms with Gasteiger partial charge in [0.1, 0.15) is 0 Å². The highest BCUT2D eigenvalue weighted by atomic mass is 16.5. The lowest BCUT2D eigenvalue weighted by molar-refractivity contribution is -0.0419. The maximum absolute atomic E-state index is 5.78. The molecule has 0 aromatic carbocycles. The highest BCUT2D eigenvalue weighted by Gasteiger charge is 2.36. The molecule has 1 atom stereocenters. The highest BCUT2D eigenvalue weighted by Crippen LogP contribution is 2.38. The zero-order chi connectivity index (χ0) is 12.8. The SMILES string of the molecule is CCNCC1(CN2CCOC(CC)C2)CCCC1. The molecule has 2 rings (SSSR count). The molecule has 0 bridgehead atoms. The molecule has 2 fully saturated rings. The van der Waals surface area contributed by atoms with Gasteiger partial charge in [-0.2, -0.15) is 0 Å². The summed E-state index contributed by atoms with van der Waals surface area (Å²) in [6, 6.07) is 0. The van der Waals surface area contributed by atoms with E-state index in [-0.39, 0.29) is 0 Å². The van der Waals surface area contributed by atoms with Gasteiger partial charge in [-0.15, -0.1) is 0 Å². The Labute approximate surface area is 112 Å². The van der Waals surface area contributed by atoms with Gasteiger partial charge in [-0.3, -0.25) is 4.90 Å². The van der Waals surface area contributed by atoms with Crippen LogP contribution >= 0.6 is 0 Å². The van der Waals surface area contributed by atoms with Crippen LogP contribution in [0.4, 0.5) is 0 Å². The van der Waals surface area contributed by atoms with Crippen molar-refractivity contribution in [1.82, 2.24) is 10.2 Å². The highest BCUT2D eigenvalue weighted by molar-refractivity contribution is 4.90. The Hall–Kier alpha value is -0.120. The van der Waals surface area contributed by atoms with Crippen LogP contribution in [0.15, 0.2) is 0 Å². The lowest BCUT2D eigenvalue weighted by Gasteiger charge is -2.39. The molecule has 106 valence electrons. The first-order valence-electron chi connectivity index (χ1n) is 7.83. The average Bonchev–Trinajstić information content (AvgIpc) is 2.85. The van der Waals surface area contributed by atoms with Crippen LogP contribution in [-0.2, 0) is 4.74 Å². The van der Waals surface area contributed by atoms with Crippen LogP contribution in [0, 0.1) is 5.41 Å².